The molecule has 1 atom stereocenters. The van der Waals surface area contributed by atoms with Crippen molar-refractivity contribution in [3.63, 3.8) is 0 Å². The van der Waals surface area contributed by atoms with Crippen LogP contribution in [-0.2, 0) is 17.8 Å². The number of carboxylic acids is 1. The van der Waals surface area contributed by atoms with Crippen LogP contribution in [0.5, 0.6) is 0 Å². The lowest BCUT2D eigenvalue weighted by molar-refractivity contribution is -0.137. The van der Waals surface area contributed by atoms with Crippen molar-refractivity contribution in [2.75, 3.05) is 19.6 Å². The molecule has 0 aromatic carbocycles. The fourth-order valence-electron chi connectivity index (χ4n) is 3.38. The summed E-state index contributed by atoms with van der Waals surface area (Å²) in [4.78, 5) is 13.4. The third-order valence-electron chi connectivity index (χ3n) is 4.44. The van der Waals surface area contributed by atoms with E-state index in [2.05, 4.69) is 10.00 Å². The van der Waals surface area contributed by atoms with Gasteiger partial charge in [0.1, 0.15) is 12.3 Å². The Hall–Kier alpha value is -2.08. The number of aliphatic carboxylic acids is 1. The first kappa shape index (κ1) is 15.8. The number of furan rings is 1. The van der Waals surface area contributed by atoms with Crippen LogP contribution in [0.2, 0.25) is 0 Å². The van der Waals surface area contributed by atoms with Crippen molar-refractivity contribution < 1.29 is 14.3 Å². The van der Waals surface area contributed by atoms with Crippen LogP contribution >= 0.6 is 0 Å². The molecule has 2 aromatic heterocycles. The predicted molar refractivity (Wildman–Crippen MR) is 85.3 cm³/mol. The van der Waals surface area contributed by atoms with Crippen LogP contribution in [0.3, 0.4) is 0 Å². The van der Waals surface area contributed by atoms with E-state index in [1.165, 1.54) is 0 Å². The van der Waals surface area contributed by atoms with Crippen LogP contribution in [0.1, 0.15) is 36.6 Å². The molecule has 0 saturated carbocycles. The highest BCUT2D eigenvalue weighted by Gasteiger charge is 2.24. The van der Waals surface area contributed by atoms with Gasteiger partial charge in [-0.15, -0.1) is 0 Å². The molecule has 1 saturated heterocycles. The maximum Gasteiger partial charge on any atom is 0.325 e. The fraction of sp³-hybridized carbons (Fsp3) is 0.529. The molecule has 6 heteroatoms. The highest BCUT2D eigenvalue weighted by molar-refractivity contribution is 5.66. The molecule has 1 fully saturated rings. The van der Waals surface area contributed by atoms with E-state index < -0.39 is 5.97 Å². The van der Waals surface area contributed by atoms with E-state index in [1.807, 2.05) is 18.2 Å². The maximum absolute atomic E-state index is 10.9. The summed E-state index contributed by atoms with van der Waals surface area (Å²) in [5.41, 5.74) is 1.04. The molecule has 3 rings (SSSR count). The quantitative estimate of drug-likeness (QED) is 0.849. The van der Waals surface area contributed by atoms with Gasteiger partial charge in [-0.25, -0.2) is 0 Å². The van der Waals surface area contributed by atoms with Gasteiger partial charge in [-0.1, -0.05) is 0 Å². The summed E-state index contributed by atoms with van der Waals surface area (Å²) in [6.45, 7) is 3.08. The summed E-state index contributed by atoms with van der Waals surface area (Å²) >= 11 is 0. The Kier molecular flexibility index (Phi) is 5.12. The lowest BCUT2D eigenvalue weighted by Gasteiger charge is -2.32. The molecule has 1 aliphatic heterocycles. The lowest BCUT2D eigenvalue weighted by Crippen LogP contribution is -2.36. The number of hydrogen-bond acceptors (Lipinski definition) is 4. The van der Waals surface area contributed by atoms with E-state index in [4.69, 9.17) is 9.52 Å². The van der Waals surface area contributed by atoms with Crippen LogP contribution in [0.15, 0.2) is 35.1 Å². The van der Waals surface area contributed by atoms with E-state index in [0.29, 0.717) is 5.92 Å². The Morgan fingerprint density at radius 2 is 2.35 bits per heavy atom. The van der Waals surface area contributed by atoms with Crippen molar-refractivity contribution in [3.05, 3.63) is 42.1 Å². The monoisotopic (exact) mass is 317 g/mol. The van der Waals surface area contributed by atoms with Crippen molar-refractivity contribution in [3.8, 4) is 0 Å². The molecule has 124 valence electrons. The topological polar surface area (TPSA) is 71.5 Å². The van der Waals surface area contributed by atoms with Crippen molar-refractivity contribution in [2.24, 2.45) is 0 Å². The van der Waals surface area contributed by atoms with Crippen LogP contribution in [0.25, 0.3) is 0 Å². The maximum atomic E-state index is 10.9. The Morgan fingerprint density at radius 3 is 3.13 bits per heavy atom. The largest absolute Gasteiger partial charge is 0.480 e. The molecule has 0 aliphatic carbocycles. The molecule has 0 spiro atoms. The number of aryl methyl sites for hydroxylation is 1. The second-order valence-corrected chi connectivity index (χ2v) is 6.13. The first-order chi connectivity index (χ1) is 11.2. The summed E-state index contributed by atoms with van der Waals surface area (Å²) in [5.74, 6) is 0.563. The molecule has 6 nitrogen and oxygen atoms in total. The van der Waals surface area contributed by atoms with Crippen molar-refractivity contribution in [1.29, 1.82) is 0 Å². The lowest BCUT2D eigenvalue weighted by atomic mass is 9.94. The van der Waals surface area contributed by atoms with Gasteiger partial charge < -0.3 is 14.4 Å². The van der Waals surface area contributed by atoms with Crippen LogP contribution in [0.4, 0.5) is 0 Å². The summed E-state index contributed by atoms with van der Waals surface area (Å²) in [6.07, 6.45) is 7.70. The SMILES string of the molecule is O=C(O)Cn1nccc1C1CCCN(CCCc2ccco2)C1. The molecule has 1 aliphatic rings. The number of rotatable bonds is 7. The average Bonchev–Trinajstić information content (AvgIpc) is 3.19. The van der Waals surface area contributed by atoms with E-state index in [0.717, 1.165) is 56.8 Å². The molecule has 23 heavy (non-hydrogen) atoms. The van der Waals surface area contributed by atoms with Crippen molar-refractivity contribution in [2.45, 2.75) is 38.1 Å². The third-order valence-corrected chi connectivity index (χ3v) is 4.44. The molecular formula is C17H23N3O3. The van der Waals surface area contributed by atoms with Gasteiger partial charge in [-0.3, -0.25) is 9.48 Å². The Balaban J connectivity index is 1.53. The average molecular weight is 317 g/mol. The summed E-state index contributed by atoms with van der Waals surface area (Å²) in [7, 11) is 0. The molecule has 0 radical (unpaired) electrons. The second kappa shape index (κ2) is 7.46. The minimum atomic E-state index is -0.846. The van der Waals surface area contributed by atoms with Gasteiger partial charge in [0.05, 0.1) is 6.26 Å². The normalized spacial score (nSPS) is 19.0. The number of piperidine rings is 1. The summed E-state index contributed by atoms with van der Waals surface area (Å²) in [6, 6.07) is 5.90. The molecule has 1 N–H and O–H groups in total. The first-order valence-corrected chi connectivity index (χ1v) is 8.20. The standard InChI is InChI=1S/C17H23N3O3/c21-17(22)13-20-16(7-8-18-20)14-4-1-9-19(12-14)10-2-5-15-6-3-11-23-15/h3,6-8,11,14H,1-2,4-5,9-10,12-13H2,(H,21,22). The van der Waals surface area contributed by atoms with Gasteiger partial charge in [0.15, 0.2) is 0 Å². The van der Waals surface area contributed by atoms with E-state index in [-0.39, 0.29) is 6.54 Å². The van der Waals surface area contributed by atoms with Gasteiger partial charge in [0.25, 0.3) is 0 Å². The van der Waals surface area contributed by atoms with E-state index in [1.54, 1.807) is 17.1 Å². The van der Waals surface area contributed by atoms with E-state index >= 15 is 0 Å². The highest BCUT2D eigenvalue weighted by Crippen LogP contribution is 2.27. The molecule has 3 heterocycles. The van der Waals surface area contributed by atoms with Gasteiger partial charge >= 0.3 is 5.97 Å². The van der Waals surface area contributed by atoms with Gasteiger partial charge in [0, 0.05) is 30.8 Å². The number of hydrogen-bond donors (Lipinski definition) is 1. The molecule has 1 unspecified atom stereocenters. The number of likely N-dealkylation sites (tertiary alicyclic amines) is 1. The highest BCUT2D eigenvalue weighted by atomic mass is 16.4. The fourth-order valence-corrected chi connectivity index (χ4v) is 3.38. The van der Waals surface area contributed by atoms with Crippen LogP contribution < -0.4 is 0 Å². The molecular weight excluding hydrogens is 294 g/mol. The smallest absolute Gasteiger partial charge is 0.325 e. The van der Waals surface area contributed by atoms with Crippen LogP contribution in [0, 0.1) is 0 Å². The Labute approximate surface area is 135 Å². The minimum Gasteiger partial charge on any atom is -0.480 e. The van der Waals surface area contributed by atoms with Gasteiger partial charge in [0.2, 0.25) is 0 Å². The minimum absolute atomic E-state index is 0.0582. The van der Waals surface area contributed by atoms with Crippen molar-refractivity contribution >= 4 is 5.97 Å². The zero-order valence-corrected chi connectivity index (χ0v) is 13.2. The Morgan fingerprint density at radius 1 is 1.43 bits per heavy atom. The van der Waals surface area contributed by atoms with Crippen molar-refractivity contribution in [1.82, 2.24) is 14.7 Å². The zero-order valence-electron chi connectivity index (χ0n) is 13.2. The predicted octanol–water partition coefficient (Wildman–Crippen LogP) is 2.37. The molecule has 0 amide bonds. The summed E-state index contributed by atoms with van der Waals surface area (Å²) < 4.78 is 6.99. The van der Waals surface area contributed by atoms with Gasteiger partial charge in [-0.2, -0.15) is 5.10 Å². The molecule has 2 aromatic rings. The Bertz CT molecular complexity index is 621. The van der Waals surface area contributed by atoms with Crippen LogP contribution in [-0.4, -0.2) is 45.4 Å². The zero-order chi connectivity index (χ0) is 16.1. The van der Waals surface area contributed by atoms with Gasteiger partial charge in [-0.05, 0) is 50.6 Å². The number of nitrogens with zero attached hydrogens (tertiary/aromatic N) is 3. The second-order valence-electron chi connectivity index (χ2n) is 6.13. The third kappa shape index (κ3) is 4.22. The number of aromatic nitrogens is 2. The number of carboxylic acid groups (broad SMARTS) is 1. The summed E-state index contributed by atoms with van der Waals surface area (Å²) in [5, 5.41) is 13.1. The van der Waals surface area contributed by atoms with E-state index in [9.17, 15) is 4.79 Å². The number of carbonyl (C=O) groups is 1. The first-order valence-electron chi connectivity index (χ1n) is 8.20. The molecule has 0 bridgehead atoms.